The molecule has 0 fully saturated rings. The molecule has 1 amide bonds. The van der Waals surface area contributed by atoms with Crippen LogP contribution in [-0.2, 0) is 11.3 Å². The number of ether oxygens (including phenoxy) is 2. The normalized spacial score (nSPS) is 10.7. The van der Waals surface area contributed by atoms with Crippen LogP contribution in [-0.4, -0.2) is 35.5 Å². The zero-order valence-electron chi connectivity index (χ0n) is 19.3. The Kier molecular flexibility index (Phi) is 6.84. The largest absolute Gasteiger partial charge is 0.496 e. The molecular formula is C26H22ClN3O5. The summed E-state index contributed by atoms with van der Waals surface area (Å²) in [6.07, 6.45) is 1.37. The first-order valence-electron chi connectivity index (χ1n) is 10.6. The average molecular weight is 492 g/mol. The molecule has 0 radical (unpaired) electrons. The molecule has 2 aromatic heterocycles. The van der Waals surface area contributed by atoms with Gasteiger partial charge in [-0.3, -0.25) is 14.4 Å². The number of fused-ring (bicyclic) bond motifs is 1. The molecule has 2 aromatic carbocycles. The van der Waals surface area contributed by atoms with Gasteiger partial charge in [-0.2, -0.15) is 0 Å². The van der Waals surface area contributed by atoms with Crippen LogP contribution in [0.1, 0.15) is 21.6 Å². The first-order chi connectivity index (χ1) is 16.8. The number of anilines is 1. The highest BCUT2D eigenvalue weighted by Crippen LogP contribution is 2.27. The summed E-state index contributed by atoms with van der Waals surface area (Å²) in [7, 11) is 2.95. The zero-order chi connectivity index (χ0) is 25.1. The molecule has 0 aliphatic rings. The number of rotatable bonds is 7. The van der Waals surface area contributed by atoms with E-state index in [-0.39, 0.29) is 23.1 Å². The Hall–Kier alpha value is -4.17. The number of halogens is 1. The number of ketones is 1. The number of nitrogens with one attached hydrogen (secondary N) is 1. The molecule has 178 valence electrons. The molecule has 0 atom stereocenters. The van der Waals surface area contributed by atoms with E-state index in [2.05, 4.69) is 10.3 Å². The van der Waals surface area contributed by atoms with E-state index >= 15 is 0 Å². The Morgan fingerprint density at radius 1 is 1.00 bits per heavy atom. The van der Waals surface area contributed by atoms with E-state index in [1.807, 2.05) is 0 Å². The Balaban J connectivity index is 1.75. The molecule has 9 heteroatoms. The predicted octanol–water partition coefficient (Wildman–Crippen LogP) is 4.25. The SMILES string of the molecule is COc1ccc(NC(=O)Cn2cc(C(=O)c3ccccc3OC)c(=O)c3ccc(C)nc32)cc1Cl. The molecule has 0 aliphatic heterocycles. The van der Waals surface area contributed by atoms with Crippen molar-refractivity contribution in [2.75, 3.05) is 19.5 Å². The number of nitrogens with zero attached hydrogens (tertiary/aromatic N) is 2. The Morgan fingerprint density at radius 2 is 1.74 bits per heavy atom. The number of carbonyl (C=O) groups is 2. The second kappa shape index (κ2) is 9.99. The fourth-order valence-corrected chi connectivity index (χ4v) is 3.98. The van der Waals surface area contributed by atoms with Crippen molar-refractivity contribution in [1.29, 1.82) is 0 Å². The van der Waals surface area contributed by atoms with Crippen molar-refractivity contribution in [2.24, 2.45) is 0 Å². The number of amides is 1. The van der Waals surface area contributed by atoms with Crippen LogP contribution in [0.25, 0.3) is 11.0 Å². The third kappa shape index (κ3) is 4.88. The van der Waals surface area contributed by atoms with Gasteiger partial charge in [0.15, 0.2) is 0 Å². The fraction of sp³-hybridized carbons (Fsp3) is 0.154. The maximum absolute atomic E-state index is 13.3. The van der Waals surface area contributed by atoms with Crippen molar-refractivity contribution in [2.45, 2.75) is 13.5 Å². The summed E-state index contributed by atoms with van der Waals surface area (Å²) in [6, 6.07) is 14.8. The topological polar surface area (TPSA) is 99.5 Å². The lowest BCUT2D eigenvalue weighted by atomic mass is 10.0. The van der Waals surface area contributed by atoms with Crippen molar-refractivity contribution < 1.29 is 19.1 Å². The van der Waals surface area contributed by atoms with E-state index in [4.69, 9.17) is 21.1 Å². The van der Waals surface area contributed by atoms with Gasteiger partial charge in [-0.05, 0) is 49.4 Å². The summed E-state index contributed by atoms with van der Waals surface area (Å²) in [5, 5.41) is 3.35. The van der Waals surface area contributed by atoms with Crippen LogP contribution in [0.15, 0.2) is 65.6 Å². The lowest BCUT2D eigenvalue weighted by Gasteiger charge is -2.14. The maximum atomic E-state index is 13.3. The van der Waals surface area contributed by atoms with Crippen LogP contribution in [0, 0.1) is 6.92 Å². The summed E-state index contributed by atoms with van der Waals surface area (Å²) < 4.78 is 11.9. The molecule has 0 unspecified atom stereocenters. The van der Waals surface area contributed by atoms with Crippen molar-refractivity contribution in [3.05, 3.63) is 92.9 Å². The lowest BCUT2D eigenvalue weighted by molar-refractivity contribution is -0.116. The number of pyridine rings is 2. The molecule has 0 spiro atoms. The minimum Gasteiger partial charge on any atom is -0.496 e. The molecule has 0 aliphatic carbocycles. The molecule has 2 heterocycles. The Morgan fingerprint density at radius 3 is 2.46 bits per heavy atom. The van der Waals surface area contributed by atoms with E-state index in [0.717, 1.165) is 0 Å². The zero-order valence-corrected chi connectivity index (χ0v) is 20.1. The van der Waals surface area contributed by atoms with Gasteiger partial charge in [0, 0.05) is 17.6 Å². The smallest absolute Gasteiger partial charge is 0.244 e. The molecule has 35 heavy (non-hydrogen) atoms. The highest BCUT2D eigenvalue weighted by Gasteiger charge is 2.21. The summed E-state index contributed by atoms with van der Waals surface area (Å²) >= 11 is 6.15. The van der Waals surface area contributed by atoms with Crippen molar-refractivity contribution in [1.82, 2.24) is 9.55 Å². The fourth-order valence-electron chi connectivity index (χ4n) is 3.72. The highest BCUT2D eigenvalue weighted by molar-refractivity contribution is 6.32. The summed E-state index contributed by atoms with van der Waals surface area (Å²) in [6.45, 7) is 1.59. The second-order valence-corrected chi connectivity index (χ2v) is 8.16. The summed E-state index contributed by atoms with van der Waals surface area (Å²) in [5.41, 5.74) is 1.12. The van der Waals surface area contributed by atoms with Gasteiger partial charge in [0.25, 0.3) is 0 Å². The first-order valence-corrected chi connectivity index (χ1v) is 11.0. The van der Waals surface area contributed by atoms with Crippen LogP contribution >= 0.6 is 11.6 Å². The van der Waals surface area contributed by atoms with Crippen LogP contribution in [0.3, 0.4) is 0 Å². The van der Waals surface area contributed by atoms with Crippen LogP contribution in [0.4, 0.5) is 5.69 Å². The van der Waals surface area contributed by atoms with E-state index in [0.29, 0.717) is 33.6 Å². The number of para-hydroxylation sites is 1. The summed E-state index contributed by atoms with van der Waals surface area (Å²) in [4.78, 5) is 43.9. The monoisotopic (exact) mass is 491 g/mol. The number of aryl methyl sites for hydroxylation is 1. The van der Waals surface area contributed by atoms with Crippen molar-refractivity contribution in [3.8, 4) is 11.5 Å². The van der Waals surface area contributed by atoms with Gasteiger partial charge in [-0.1, -0.05) is 23.7 Å². The lowest BCUT2D eigenvalue weighted by Crippen LogP contribution is -2.25. The van der Waals surface area contributed by atoms with Crippen LogP contribution < -0.4 is 20.2 Å². The molecule has 4 aromatic rings. The van der Waals surface area contributed by atoms with Gasteiger partial charge in [0.05, 0.1) is 35.8 Å². The van der Waals surface area contributed by atoms with Gasteiger partial charge in [0.1, 0.15) is 23.7 Å². The standard InChI is InChI=1S/C26H22ClN3O5/c1-15-8-10-18-25(33)19(24(32)17-6-4-5-7-21(17)34-2)13-30(26(18)28-15)14-23(31)29-16-9-11-22(35-3)20(27)12-16/h4-13H,14H2,1-3H3,(H,29,31). The van der Waals surface area contributed by atoms with Gasteiger partial charge >= 0.3 is 0 Å². The number of hydrogen-bond donors (Lipinski definition) is 1. The van der Waals surface area contributed by atoms with Gasteiger partial charge < -0.3 is 19.4 Å². The number of methoxy groups -OCH3 is 2. The molecular weight excluding hydrogens is 470 g/mol. The van der Waals surface area contributed by atoms with Crippen LogP contribution in [0.2, 0.25) is 5.02 Å². The minimum absolute atomic E-state index is 0.0899. The molecule has 0 saturated heterocycles. The van der Waals surface area contributed by atoms with E-state index in [1.165, 1.54) is 25.0 Å². The van der Waals surface area contributed by atoms with E-state index in [9.17, 15) is 14.4 Å². The van der Waals surface area contributed by atoms with E-state index in [1.54, 1.807) is 61.5 Å². The predicted molar refractivity (Wildman–Crippen MR) is 134 cm³/mol. The molecule has 0 bridgehead atoms. The first kappa shape index (κ1) is 24.0. The number of aromatic nitrogens is 2. The number of hydrogen-bond acceptors (Lipinski definition) is 6. The number of carbonyl (C=O) groups excluding carboxylic acids is 2. The van der Waals surface area contributed by atoms with Crippen molar-refractivity contribution >= 4 is 40.0 Å². The average Bonchev–Trinajstić information content (AvgIpc) is 2.85. The van der Waals surface area contributed by atoms with Crippen molar-refractivity contribution in [3.63, 3.8) is 0 Å². The maximum Gasteiger partial charge on any atom is 0.244 e. The van der Waals surface area contributed by atoms with E-state index < -0.39 is 17.1 Å². The van der Waals surface area contributed by atoms with Gasteiger partial charge in [0.2, 0.25) is 17.1 Å². The minimum atomic E-state index is -0.508. The third-order valence-corrected chi connectivity index (χ3v) is 5.70. The molecule has 0 saturated carbocycles. The van der Waals surface area contributed by atoms with Gasteiger partial charge in [-0.15, -0.1) is 0 Å². The Bertz CT molecular complexity index is 1510. The number of benzene rings is 2. The molecule has 8 nitrogen and oxygen atoms in total. The second-order valence-electron chi connectivity index (χ2n) is 7.75. The van der Waals surface area contributed by atoms with Crippen LogP contribution in [0.5, 0.6) is 11.5 Å². The highest BCUT2D eigenvalue weighted by atomic mass is 35.5. The Labute approximate surface area is 206 Å². The van der Waals surface area contributed by atoms with Gasteiger partial charge in [-0.25, -0.2) is 4.98 Å². The molecule has 4 rings (SSSR count). The third-order valence-electron chi connectivity index (χ3n) is 5.41. The molecule has 1 N–H and O–H groups in total. The summed E-state index contributed by atoms with van der Waals surface area (Å²) in [5.74, 6) is -0.0730. The quantitative estimate of drug-likeness (QED) is 0.388.